The van der Waals surface area contributed by atoms with Gasteiger partial charge in [0.15, 0.2) is 0 Å². The Balaban J connectivity index is 2.72. The summed E-state index contributed by atoms with van der Waals surface area (Å²) in [4.78, 5) is 0. The van der Waals surface area contributed by atoms with Gasteiger partial charge < -0.3 is 15.2 Å². The highest BCUT2D eigenvalue weighted by molar-refractivity contribution is 6.30. The number of nitrogens with one attached hydrogen (secondary N) is 1. The first kappa shape index (κ1) is 17.3. The van der Waals surface area contributed by atoms with Crippen LogP contribution < -0.4 is 10.1 Å². The molecule has 2 atom stereocenters. The molecule has 0 aromatic heterocycles. The second-order valence-electron chi connectivity index (χ2n) is 6.21. The Morgan fingerprint density at radius 3 is 2.55 bits per heavy atom. The molecule has 0 amide bonds. The molecule has 20 heavy (non-hydrogen) atoms. The number of ether oxygens (including phenoxy) is 1. The van der Waals surface area contributed by atoms with Gasteiger partial charge in [-0.15, -0.1) is 0 Å². The highest BCUT2D eigenvalue weighted by Gasteiger charge is 2.22. The summed E-state index contributed by atoms with van der Waals surface area (Å²) >= 11 is 6.06. The van der Waals surface area contributed by atoms with E-state index in [-0.39, 0.29) is 17.6 Å². The topological polar surface area (TPSA) is 41.5 Å². The fraction of sp³-hybridized carbons (Fsp3) is 0.625. The standard InChI is InChI=1S/C16H26ClNO2/c1-11(19)9-16(3,4)10-18-12(2)14-8-13(17)6-7-15(14)20-5/h6-8,11-12,18-19H,9-10H2,1-5H3. The van der Waals surface area contributed by atoms with Crippen molar-refractivity contribution >= 4 is 11.6 Å². The summed E-state index contributed by atoms with van der Waals surface area (Å²) in [5.41, 5.74) is 1.08. The zero-order chi connectivity index (χ0) is 15.3. The Labute approximate surface area is 127 Å². The number of methoxy groups -OCH3 is 1. The molecule has 114 valence electrons. The SMILES string of the molecule is COc1ccc(Cl)cc1C(C)NCC(C)(C)CC(C)O. The molecule has 1 rings (SSSR count). The third-order valence-electron chi connectivity index (χ3n) is 3.39. The Morgan fingerprint density at radius 1 is 1.35 bits per heavy atom. The van der Waals surface area contributed by atoms with Crippen molar-refractivity contribution in [3.8, 4) is 5.75 Å². The van der Waals surface area contributed by atoms with Crippen molar-refractivity contribution in [2.24, 2.45) is 5.41 Å². The normalized spacial score (nSPS) is 14.9. The summed E-state index contributed by atoms with van der Waals surface area (Å²) < 4.78 is 5.38. The van der Waals surface area contributed by atoms with Gasteiger partial charge in [-0.1, -0.05) is 25.4 Å². The summed E-state index contributed by atoms with van der Waals surface area (Å²) in [5, 5.41) is 13.7. The summed E-state index contributed by atoms with van der Waals surface area (Å²) in [6.45, 7) is 9.02. The Morgan fingerprint density at radius 2 is 2.00 bits per heavy atom. The van der Waals surface area contributed by atoms with Crippen molar-refractivity contribution in [3.63, 3.8) is 0 Å². The van der Waals surface area contributed by atoms with Gasteiger partial charge >= 0.3 is 0 Å². The van der Waals surface area contributed by atoms with E-state index in [2.05, 4.69) is 26.1 Å². The largest absolute Gasteiger partial charge is 0.496 e. The molecule has 4 heteroatoms. The summed E-state index contributed by atoms with van der Waals surface area (Å²) in [6.07, 6.45) is 0.474. The first-order valence-electron chi connectivity index (χ1n) is 7.00. The number of halogens is 1. The molecule has 0 bridgehead atoms. The second-order valence-corrected chi connectivity index (χ2v) is 6.64. The molecule has 2 unspecified atom stereocenters. The second kappa shape index (κ2) is 7.30. The molecule has 0 aliphatic carbocycles. The van der Waals surface area contributed by atoms with Crippen molar-refractivity contribution in [3.05, 3.63) is 28.8 Å². The van der Waals surface area contributed by atoms with E-state index >= 15 is 0 Å². The highest BCUT2D eigenvalue weighted by Crippen LogP contribution is 2.29. The van der Waals surface area contributed by atoms with E-state index < -0.39 is 0 Å². The van der Waals surface area contributed by atoms with Crippen LogP contribution in [0.15, 0.2) is 18.2 Å². The van der Waals surface area contributed by atoms with E-state index in [9.17, 15) is 5.11 Å². The van der Waals surface area contributed by atoms with Gasteiger partial charge in [0.1, 0.15) is 5.75 Å². The van der Waals surface area contributed by atoms with Crippen LogP contribution in [0.25, 0.3) is 0 Å². The fourth-order valence-electron chi connectivity index (χ4n) is 2.45. The van der Waals surface area contributed by atoms with Crippen LogP contribution in [0.2, 0.25) is 5.02 Å². The lowest BCUT2D eigenvalue weighted by molar-refractivity contribution is 0.126. The molecule has 2 N–H and O–H groups in total. The minimum atomic E-state index is -0.289. The van der Waals surface area contributed by atoms with Crippen molar-refractivity contribution in [2.45, 2.75) is 46.3 Å². The van der Waals surface area contributed by atoms with Gasteiger partial charge in [0.25, 0.3) is 0 Å². The van der Waals surface area contributed by atoms with Gasteiger partial charge in [0, 0.05) is 23.2 Å². The van der Waals surface area contributed by atoms with Crippen LogP contribution in [-0.2, 0) is 0 Å². The fourth-order valence-corrected chi connectivity index (χ4v) is 2.64. The summed E-state index contributed by atoms with van der Waals surface area (Å²) in [7, 11) is 1.66. The smallest absolute Gasteiger partial charge is 0.123 e. The molecule has 1 aromatic rings. The number of aliphatic hydroxyl groups excluding tert-OH is 1. The van der Waals surface area contributed by atoms with Gasteiger partial charge in [-0.25, -0.2) is 0 Å². The molecule has 0 saturated heterocycles. The van der Waals surface area contributed by atoms with E-state index in [1.54, 1.807) is 7.11 Å². The molecule has 0 aliphatic rings. The van der Waals surface area contributed by atoms with E-state index in [0.717, 1.165) is 24.3 Å². The van der Waals surface area contributed by atoms with Crippen molar-refractivity contribution in [2.75, 3.05) is 13.7 Å². The Bertz CT molecular complexity index is 432. The summed E-state index contributed by atoms with van der Waals surface area (Å²) in [6, 6.07) is 5.78. The lowest BCUT2D eigenvalue weighted by Gasteiger charge is -2.29. The minimum Gasteiger partial charge on any atom is -0.496 e. The first-order chi connectivity index (χ1) is 9.25. The van der Waals surface area contributed by atoms with Crippen LogP contribution in [0.3, 0.4) is 0 Å². The third kappa shape index (κ3) is 5.31. The van der Waals surface area contributed by atoms with E-state index in [0.29, 0.717) is 5.02 Å². The highest BCUT2D eigenvalue weighted by atomic mass is 35.5. The molecular formula is C16H26ClNO2. The molecule has 3 nitrogen and oxygen atoms in total. The van der Waals surface area contributed by atoms with Crippen LogP contribution in [0.5, 0.6) is 5.75 Å². The zero-order valence-electron chi connectivity index (χ0n) is 13.0. The number of benzene rings is 1. The summed E-state index contributed by atoms with van der Waals surface area (Å²) in [5.74, 6) is 0.836. The van der Waals surface area contributed by atoms with Gasteiger partial charge in [-0.05, 0) is 43.9 Å². The van der Waals surface area contributed by atoms with Crippen LogP contribution in [0, 0.1) is 5.41 Å². The van der Waals surface area contributed by atoms with Crippen LogP contribution >= 0.6 is 11.6 Å². The predicted octanol–water partition coefficient (Wildman–Crippen LogP) is 3.80. The van der Waals surface area contributed by atoms with E-state index in [1.807, 2.05) is 25.1 Å². The zero-order valence-corrected chi connectivity index (χ0v) is 13.8. The average Bonchev–Trinajstić information content (AvgIpc) is 2.34. The average molecular weight is 300 g/mol. The lowest BCUT2D eigenvalue weighted by Crippen LogP contribution is -2.33. The van der Waals surface area contributed by atoms with E-state index in [1.165, 1.54) is 0 Å². The Hall–Kier alpha value is -0.770. The van der Waals surface area contributed by atoms with Crippen LogP contribution in [-0.4, -0.2) is 24.9 Å². The van der Waals surface area contributed by atoms with Crippen molar-refractivity contribution in [1.29, 1.82) is 0 Å². The van der Waals surface area contributed by atoms with E-state index in [4.69, 9.17) is 16.3 Å². The van der Waals surface area contributed by atoms with Crippen LogP contribution in [0.1, 0.15) is 45.7 Å². The molecular weight excluding hydrogens is 274 g/mol. The van der Waals surface area contributed by atoms with Gasteiger partial charge in [-0.2, -0.15) is 0 Å². The number of hydrogen-bond donors (Lipinski definition) is 2. The minimum absolute atomic E-state index is 0.0359. The van der Waals surface area contributed by atoms with Gasteiger partial charge in [0.2, 0.25) is 0 Å². The molecule has 0 aliphatic heterocycles. The van der Waals surface area contributed by atoms with Crippen molar-refractivity contribution in [1.82, 2.24) is 5.32 Å². The maximum atomic E-state index is 9.52. The lowest BCUT2D eigenvalue weighted by atomic mass is 9.86. The predicted molar refractivity (Wildman–Crippen MR) is 84.5 cm³/mol. The van der Waals surface area contributed by atoms with Crippen molar-refractivity contribution < 1.29 is 9.84 Å². The molecule has 0 heterocycles. The number of hydrogen-bond acceptors (Lipinski definition) is 3. The number of rotatable bonds is 7. The molecule has 0 saturated carbocycles. The number of aliphatic hydroxyl groups is 1. The third-order valence-corrected chi connectivity index (χ3v) is 3.63. The molecule has 0 fully saturated rings. The maximum absolute atomic E-state index is 9.52. The molecule has 1 aromatic carbocycles. The first-order valence-corrected chi connectivity index (χ1v) is 7.38. The molecule has 0 radical (unpaired) electrons. The quantitative estimate of drug-likeness (QED) is 0.805. The van der Waals surface area contributed by atoms with Gasteiger partial charge in [-0.3, -0.25) is 0 Å². The monoisotopic (exact) mass is 299 g/mol. The maximum Gasteiger partial charge on any atom is 0.123 e. The van der Waals surface area contributed by atoms with Crippen LogP contribution in [0.4, 0.5) is 0 Å². The molecule has 0 spiro atoms. The Kier molecular flexibility index (Phi) is 6.31. The van der Waals surface area contributed by atoms with Gasteiger partial charge in [0.05, 0.1) is 13.2 Å².